The number of likely N-dealkylation sites (tertiary alicyclic amines) is 2. The first-order chi connectivity index (χ1) is 15.0. The maximum atomic E-state index is 14.3. The summed E-state index contributed by atoms with van der Waals surface area (Å²) in [5.74, 6) is 0.472. The number of piperidine rings is 1. The van der Waals surface area contributed by atoms with Gasteiger partial charge in [-0.25, -0.2) is 9.37 Å². The van der Waals surface area contributed by atoms with Gasteiger partial charge in [0, 0.05) is 49.6 Å². The van der Waals surface area contributed by atoms with Crippen molar-refractivity contribution < 1.29 is 13.9 Å². The molecule has 1 atom stereocenters. The van der Waals surface area contributed by atoms with Gasteiger partial charge in [0.1, 0.15) is 22.9 Å². The predicted octanol–water partition coefficient (Wildman–Crippen LogP) is 3.61. The van der Waals surface area contributed by atoms with E-state index >= 15 is 0 Å². The number of amides is 1. The number of hydrogen-bond acceptors (Lipinski definition) is 4. The predicted molar refractivity (Wildman–Crippen MR) is 116 cm³/mol. The van der Waals surface area contributed by atoms with Crippen LogP contribution in [0.1, 0.15) is 35.3 Å². The Labute approximate surface area is 181 Å². The Hall–Kier alpha value is -2.93. The van der Waals surface area contributed by atoms with Crippen molar-refractivity contribution in [3.63, 3.8) is 0 Å². The van der Waals surface area contributed by atoms with Gasteiger partial charge in [-0.3, -0.25) is 9.69 Å². The van der Waals surface area contributed by atoms with E-state index in [0.717, 1.165) is 51.1 Å². The number of fused-ring (bicyclic) bond motifs is 1. The highest BCUT2D eigenvalue weighted by molar-refractivity contribution is 5.93. The molecule has 2 fully saturated rings. The number of halogens is 1. The van der Waals surface area contributed by atoms with Gasteiger partial charge in [-0.05, 0) is 56.1 Å². The van der Waals surface area contributed by atoms with Crippen molar-refractivity contribution in [2.24, 2.45) is 5.41 Å². The van der Waals surface area contributed by atoms with Gasteiger partial charge in [0.15, 0.2) is 0 Å². The lowest BCUT2D eigenvalue weighted by atomic mass is 9.79. The van der Waals surface area contributed by atoms with Gasteiger partial charge in [0.2, 0.25) is 0 Å². The zero-order valence-electron chi connectivity index (χ0n) is 17.8. The third-order valence-corrected chi connectivity index (χ3v) is 6.70. The second kappa shape index (κ2) is 7.96. The van der Waals surface area contributed by atoms with E-state index in [1.54, 1.807) is 25.4 Å². The van der Waals surface area contributed by atoms with Crippen LogP contribution >= 0.6 is 0 Å². The van der Waals surface area contributed by atoms with Gasteiger partial charge in [0.05, 0.1) is 7.11 Å². The minimum atomic E-state index is -0.199. The Kier molecular flexibility index (Phi) is 5.14. The molecule has 1 spiro atoms. The number of hydrogen-bond donors (Lipinski definition) is 0. The van der Waals surface area contributed by atoms with E-state index in [0.29, 0.717) is 23.6 Å². The molecule has 3 aromatic rings. The zero-order chi connectivity index (χ0) is 21.4. The van der Waals surface area contributed by atoms with Crippen molar-refractivity contribution >= 4 is 11.6 Å². The van der Waals surface area contributed by atoms with E-state index < -0.39 is 0 Å². The molecule has 0 bridgehead atoms. The fourth-order valence-corrected chi connectivity index (χ4v) is 5.13. The number of nitrogens with zero attached hydrogens (tertiary/aromatic N) is 4. The zero-order valence-corrected chi connectivity index (χ0v) is 17.8. The van der Waals surface area contributed by atoms with Crippen molar-refractivity contribution in [2.75, 3.05) is 33.3 Å². The Morgan fingerprint density at radius 1 is 1.19 bits per heavy atom. The van der Waals surface area contributed by atoms with Gasteiger partial charge in [-0.1, -0.05) is 6.07 Å². The Morgan fingerprint density at radius 2 is 2.10 bits per heavy atom. The Morgan fingerprint density at radius 3 is 2.94 bits per heavy atom. The summed E-state index contributed by atoms with van der Waals surface area (Å²) in [4.78, 5) is 21.9. The summed E-state index contributed by atoms with van der Waals surface area (Å²) >= 11 is 0. The fraction of sp³-hybridized carbons (Fsp3) is 0.417. The average molecular weight is 423 g/mol. The van der Waals surface area contributed by atoms with Gasteiger partial charge in [0.25, 0.3) is 5.91 Å². The molecular formula is C24H27FN4O2. The summed E-state index contributed by atoms with van der Waals surface area (Å²) in [6.07, 6.45) is 6.84. The number of carbonyl (C=O) groups is 1. The van der Waals surface area contributed by atoms with Crippen LogP contribution in [0.15, 0.2) is 48.8 Å². The Bertz CT molecular complexity index is 1080. The molecule has 5 rings (SSSR count). The second-order valence-electron chi connectivity index (χ2n) is 8.84. The smallest absolute Gasteiger partial charge is 0.274 e. The molecule has 0 saturated carbocycles. The molecule has 162 valence electrons. The average Bonchev–Trinajstić information content (AvgIpc) is 3.39. The summed E-state index contributed by atoms with van der Waals surface area (Å²) in [6, 6.07) is 10.7. The fourth-order valence-electron chi connectivity index (χ4n) is 5.13. The van der Waals surface area contributed by atoms with E-state index in [-0.39, 0.29) is 17.1 Å². The van der Waals surface area contributed by atoms with Crippen molar-refractivity contribution in [2.45, 2.75) is 25.8 Å². The molecule has 7 heteroatoms. The first kappa shape index (κ1) is 20.0. The molecular weight excluding hydrogens is 395 g/mol. The number of rotatable bonds is 4. The molecule has 2 aromatic heterocycles. The minimum Gasteiger partial charge on any atom is -0.497 e. The van der Waals surface area contributed by atoms with Gasteiger partial charge < -0.3 is 14.0 Å². The van der Waals surface area contributed by atoms with Crippen LogP contribution in [0.5, 0.6) is 5.75 Å². The molecule has 1 aromatic carbocycles. The van der Waals surface area contributed by atoms with Crippen molar-refractivity contribution in [1.82, 2.24) is 19.2 Å². The first-order valence-corrected chi connectivity index (χ1v) is 10.8. The van der Waals surface area contributed by atoms with Gasteiger partial charge in [-0.2, -0.15) is 0 Å². The van der Waals surface area contributed by atoms with Crippen LogP contribution in [0.4, 0.5) is 4.39 Å². The summed E-state index contributed by atoms with van der Waals surface area (Å²) in [7, 11) is 1.60. The molecule has 4 heterocycles. The molecule has 2 aliphatic rings. The molecule has 0 N–H and O–H groups in total. The maximum Gasteiger partial charge on any atom is 0.274 e. The van der Waals surface area contributed by atoms with Crippen molar-refractivity contribution in [1.29, 1.82) is 0 Å². The van der Waals surface area contributed by atoms with Crippen LogP contribution in [-0.4, -0.2) is 58.4 Å². The summed E-state index contributed by atoms with van der Waals surface area (Å²) < 4.78 is 21.5. The van der Waals surface area contributed by atoms with Crippen molar-refractivity contribution in [3.8, 4) is 5.75 Å². The van der Waals surface area contributed by atoms with E-state index in [1.807, 2.05) is 33.7 Å². The minimum absolute atomic E-state index is 0.00320. The van der Waals surface area contributed by atoms with E-state index in [9.17, 15) is 9.18 Å². The number of methoxy groups -OCH3 is 1. The lowest BCUT2D eigenvalue weighted by Gasteiger charge is -2.40. The molecule has 0 radical (unpaired) electrons. The van der Waals surface area contributed by atoms with Crippen LogP contribution < -0.4 is 4.74 Å². The standard InChI is InChI=1S/C24H27FN4O2/c1-31-19-6-7-20(25)18(13-19)14-27-10-4-8-24(16-27)9-12-29(17-24)23(30)21-15-28-11-3-2-5-22(28)26-21/h2-3,5-7,11,13,15H,4,8-10,12,14,16-17H2,1H3/t24-/m1/s1. The number of ether oxygens (including phenoxy) is 1. The van der Waals surface area contributed by atoms with Gasteiger partial charge >= 0.3 is 0 Å². The van der Waals surface area contributed by atoms with Crippen LogP contribution in [0.25, 0.3) is 5.65 Å². The third-order valence-electron chi connectivity index (χ3n) is 6.70. The first-order valence-electron chi connectivity index (χ1n) is 10.8. The largest absolute Gasteiger partial charge is 0.497 e. The monoisotopic (exact) mass is 422 g/mol. The molecule has 2 aliphatic heterocycles. The van der Waals surface area contributed by atoms with Crippen LogP contribution in [0.2, 0.25) is 0 Å². The Balaban J connectivity index is 1.28. The normalized spacial score (nSPS) is 21.8. The highest BCUT2D eigenvalue weighted by atomic mass is 19.1. The quantitative estimate of drug-likeness (QED) is 0.645. The van der Waals surface area contributed by atoms with Gasteiger partial charge in [-0.15, -0.1) is 0 Å². The van der Waals surface area contributed by atoms with E-state index in [4.69, 9.17) is 4.74 Å². The summed E-state index contributed by atoms with van der Waals surface area (Å²) in [5, 5.41) is 0. The third kappa shape index (κ3) is 3.90. The molecule has 0 aliphatic carbocycles. The molecule has 31 heavy (non-hydrogen) atoms. The SMILES string of the molecule is COc1ccc(F)c(CN2CCC[C@@]3(CCN(C(=O)c4cn5ccccc5n4)C3)C2)c1. The molecule has 6 nitrogen and oxygen atoms in total. The molecule has 1 amide bonds. The number of aromatic nitrogens is 2. The number of carbonyl (C=O) groups excluding carboxylic acids is 1. The van der Waals surface area contributed by atoms with Crippen LogP contribution in [-0.2, 0) is 6.54 Å². The lowest BCUT2D eigenvalue weighted by Crippen LogP contribution is -2.45. The van der Waals surface area contributed by atoms with E-state index in [2.05, 4.69) is 9.88 Å². The van der Waals surface area contributed by atoms with Crippen molar-refractivity contribution in [3.05, 3.63) is 65.9 Å². The lowest BCUT2D eigenvalue weighted by molar-refractivity contribution is 0.0669. The molecule has 2 saturated heterocycles. The second-order valence-corrected chi connectivity index (χ2v) is 8.84. The van der Waals surface area contributed by atoms with Crippen LogP contribution in [0, 0.1) is 11.2 Å². The van der Waals surface area contributed by atoms with Crippen LogP contribution in [0.3, 0.4) is 0 Å². The summed E-state index contributed by atoms with van der Waals surface area (Å²) in [5.41, 5.74) is 2.01. The van der Waals surface area contributed by atoms with E-state index in [1.165, 1.54) is 6.07 Å². The number of pyridine rings is 1. The highest BCUT2D eigenvalue weighted by Gasteiger charge is 2.43. The maximum absolute atomic E-state index is 14.3. The number of imidazole rings is 1. The molecule has 0 unspecified atom stereocenters. The summed E-state index contributed by atoms with van der Waals surface area (Å²) in [6.45, 7) is 3.85. The number of benzene rings is 1. The topological polar surface area (TPSA) is 50.1 Å². The highest BCUT2D eigenvalue weighted by Crippen LogP contribution is 2.40.